The number of nitrogen functional groups attached to an aromatic ring is 3. The van der Waals surface area contributed by atoms with Crippen LogP contribution in [0.1, 0.15) is 25.1 Å². The number of aromatic nitrogens is 3. The number of ether oxygens (including phenoxy) is 1. The summed E-state index contributed by atoms with van der Waals surface area (Å²) in [7, 11) is 0. The van der Waals surface area contributed by atoms with Crippen molar-refractivity contribution in [3.63, 3.8) is 0 Å². The minimum absolute atomic E-state index is 0.112. The number of aliphatic hydroxyl groups is 2. The SMILES string of the molecule is CC[C@H]1O[C@@H](n2c(NN)c(C(=N)N)c3c(N)ncnc32)[C@H](O)[C@@H]1O. The Bertz CT molecular complexity index is 791. The van der Waals surface area contributed by atoms with Crippen molar-refractivity contribution in [1.29, 1.82) is 5.41 Å². The summed E-state index contributed by atoms with van der Waals surface area (Å²) in [6, 6.07) is 0. The van der Waals surface area contributed by atoms with Crippen molar-refractivity contribution in [3.8, 4) is 0 Å². The van der Waals surface area contributed by atoms with E-state index < -0.39 is 24.5 Å². The number of hydrogen-bond donors (Lipinski definition) is 7. The first-order chi connectivity index (χ1) is 11.4. The highest BCUT2D eigenvalue weighted by Crippen LogP contribution is 2.39. The Kier molecular flexibility index (Phi) is 4.01. The number of hydrazine groups is 1. The minimum atomic E-state index is -1.21. The van der Waals surface area contributed by atoms with E-state index in [2.05, 4.69) is 15.4 Å². The van der Waals surface area contributed by atoms with E-state index in [0.717, 1.165) is 0 Å². The van der Waals surface area contributed by atoms with Gasteiger partial charge in [-0.05, 0) is 6.42 Å². The molecule has 1 aliphatic heterocycles. The molecule has 0 saturated carbocycles. The monoisotopic (exact) mass is 336 g/mol. The first-order valence-corrected chi connectivity index (χ1v) is 7.39. The number of amidine groups is 1. The fourth-order valence-corrected chi connectivity index (χ4v) is 3.09. The van der Waals surface area contributed by atoms with Crippen LogP contribution in [0.25, 0.3) is 11.0 Å². The van der Waals surface area contributed by atoms with Crippen LogP contribution >= 0.6 is 0 Å². The number of hydrogen-bond acceptors (Lipinski definition) is 9. The molecule has 130 valence electrons. The predicted octanol–water partition coefficient (Wildman–Crippen LogP) is -1.39. The predicted molar refractivity (Wildman–Crippen MR) is 87.0 cm³/mol. The molecule has 0 unspecified atom stereocenters. The third-order valence-electron chi connectivity index (χ3n) is 4.21. The summed E-state index contributed by atoms with van der Waals surface area (Å²) < 4.78 is 7.20. The lowest BCUT2D eigenvalue weighted by molar-refractivity contribution is -0.0341. The quantitative estimate of drug-likeness (QED) is 0.152. The Balaban J connectivity index is 2.29. The highest BCUT2D eigenvalue weighted by atomic mass is 16.6. The highest BCUT2D eigenvalue weighted by molar-refractivity contribution is 6.14. The van der Waals surface area contributed by atoms with E-state index in [4.69, 9.17) is 27.5 Å². The van der Waals surface area contributed by atoms with Gasteiger partial charge in [0, 0.05) is 0 Å². The van der Waals surface area contributed by atoms with Crippen molar-refractivity contribution < 1.29 is 14.9 Å². The summed E-state index contributed by atoms with van der Waals surface area (Å²) in [5, 5.41) is 28.7. The standard InChI is InChI=1S/C13H20N8O3/c1-2-4-7(22)8(23)13(24-4)21-11-6(10(16)18-3-19-11)5(9(14)15)12(21)20-17/h3-4,7-8,13,20,22-23H,2,17H2,1H3,(H3,14,15)(H2,16,18,19)/t4-,7-,8-,13-/m1/s1. The molecule has 0 bridgehead atoms. The minimum Gasteiger partial charge on any atom is -0.388 e. The summed E-state index contributed by atoms with van der Waals surface area (Å²) in [6.45, 7) is 1.83. The van der Waals surface area contributed by atoms with E-state index in [9.17, 15) is 10.2 Å². The molecular formula is C13H20N8O3. The Morgan fingerprint density at radius 2 is 2.12 bits per heavy atom. The molecule has 24 heavy (non-hydrogen) atoms. The van der Waals surface area contributed by atoms with Gasteiger partial charge in [0.25, 0.3) is 0 Å². The summed E-state index contributed by atoms with van der Waals surface area (Å²) in [6.07, 6.45) is -2.05. The van der Waals surface area contributed by atoms with Crippen molar-refractivity contribution >= 4 is 28.5 Å². The van der Waals surface area contributed by atoms with E-state index in [-0.39, 0.29) is 28.7 Å². The molecule has 2 aromatic rings. The Morgan fingerprint density at radius 1 is 1.42 bits per heavy atom. The van der Waals surface area contributed by atoms with Gasteiger partial charge in [0.05, 0.1) is 17.1 Å². The number of nitrogens with two attached hydrogens (primary N) is 3. The highest BCUT2D eigenvalue weighted by Gasteiger charge is 2.44. The maximum atomic E-state index is 10.4. The summed E-state index contributed by atoms with van der Waals surface area (Å²) >= 11 is 0. The summed E-state index contributed by atoms with van der Waals surface area (Å²) in [5.74, 6) is 5.61. The molecule has 11 heteroatoms. The van der Waals surface area contributed by atoms with Crippen LogP contribution in [0.15, 0.2) is 6.33 Å². The van der Waals surface area contributed by atoms with Gasteiger partial charge in [-0.25, -0.2) is 15.8 Å². The lowest BCUT2D eigenvalue weighted by Gasteiger charge is -2.20. The van der Waals surface area contributed by atoms with Gasteiger partial charge in [-0.15, -0.1) is 0 Å². The first kappa shape index (κ1) is 16.4. The molecule has 1 aliphatic rings. The zero-order valence-corrected chi connectivity index (χ0v) is 13.0. The second kappa shape index (κ2) is 5.87. The van der Waals surface area contributed by atoms with E-state index in [1.54, 1.807) is 0 Å². The molecule has 10 N–H and O–H groups in total. The van der Waals surface area contributed by atoms with Crippen LogP contribution in [0.2, 0.25) is 0 Å². The maximum absolute atomic E-state index is 10.4. The number of rotatable bonds is 4. The first-order valence-electron chi connectivity index (χ1n) is 7.39. The molecule has 0 radical (unpaired) electrons. The number of nitrogens with one attached hydrogen (secondary N) is 2. The molecule has 2 aromatic heterocycles. The Labute approximate surface area is 136 Å². The normalized spacial score (nSPS) is 26.8. The van der Waals surface area contributed by atoms with Crippen molar-refractivity contribution in [3.05, 3.63) is 11.9 Å². The average Bonchev–Trinajstić information content (AvgIpc) is 3.03. The summed E-state index contributed by atoms with van der Waals surface area (Å²) in [4.78, 5) is 8.07. The molecule has 0 spiro atoms. The molecule has 0 aromatic carbocycles. The van der Waals surface area contributed by atoms with Crippen molar-refractivity contribution in [1.82, 2.24) is 14.5 Å². The molecule has 11 nitrogen and oxygen atoms in total. The molecule has 4 atom stereocenters. The van der Waals surface area contributed by atoms with Crippen LogP contribution in [-0.2, 0) is 4.74 Å². The van der Waals surface area contributed by atoms with Crippen molar-refractivity contribution in [2.24, 2.45) is 11.6 Å². The fraction of sp³-hybridized carbons (Fsp3) is 0.462. The van der Waals surface area contributed by atoms with E-state index >= 15 is 0 Å². The Hall–Kier alpha value is -2.47. The van der Waals surface area contributed by atoms with Crippen LogP contribution in [-0.4, -0.2) is 48.9 Å². The van der Waals surface area contributed by atoms with Crippen LogP contribution in [0, 0.1) is 5.41 Å². The molecule has 0 amide bonds. The van der Waals surface area contributed by atoms with E-state index in [1.165, 1.54) is 10.9 Å². The fourth-order valence-electron chi connectivity index (χ4n) is 3.09. The lowest BCUT2D eigenvalue weighted by atomic mass is 10.1. The molecule has 1 saturated heterocycles. The van der Waals surface area contributed by atoms with Crippen LogP contribution in [0.4, 0.5) is 11.6 Å². The second-order valence-corrected chi connectivity index (χ2v) is 5.56. The zero-order valence-electron chi connectivity index (χ0n) is 13.0. The van der Waals surface area contributed by atoms with Gasteiger partial charge in [0.1, 0.15) is 41.7 Å². The van der Waals surface area contributed by atoms with Gasteiger partial charge in [-0.1, -0.05) is 6.92 Å². The van der Waals surface area contributed by atoms with E-state index in [0.29, 0.717) is 11.8 Å². The lowest BCUT2D eigenvalue weighted by Crippen LogP contribution is -2.32. The van der Waals surface area contributed by atoms with Gasteiger partial charge in [-0.3, -0.25) is 9.98 Å². The largest absolute Gasteiger partial charge is 0.388 e. The molecule has 3 heterocycles. The molecular weight excluding hydrogens is 316 g/mol. The maximum Gasteiger partial charge on any atom is 0.166 e. The van der Waals surface area contributed by atoms with Gasteiger partial charge in [-0.2, -0.15) is 0 Å². The van der Waals surface area contributed by atoms with Crippen LogP contribution in [0.3, 0.4) is 0 Å². The van der Waals surface area contributed by atoms with Crippen molar-refractivity contribution in [2.45, 2.75) is 37.9 Å². The Morgan fingerprint density at radius 3 is 2.67 bits per heavy atom. The second-order valence-electron chi connectivity index (χ2n) is 5.56. The number of aliphatic hydroxyl groups excluding tert-OH is 2. The van der Waals surface area contributed by atoms with Crippen LogP contribution in [0.5, 0.6) is 0 Å². The van der Waals surface area contributed by atoms with Gasteiger partial charge in [0.2, 0.25) is 0 Å². The average molecular weight is 336 g/mol. The van der Waals surface area contributed by atoms with Crippen LogP contribution < -0.4 is 22.7 Å². The van der Waals surface area contributed by atoms with Crippen molar-refractivity contribution in [2.75, 3.05) is 11.2 Å². The van der Waals surface area contributed by atoms with E-state index in [1.807, 2.05) is 6.92 Å². The zero-order chi connectivity index (χ0) is 17.6. The molecule has 1 fully saturated rings. The number of anilines is 2. The summed E-state index contributed by atoms with van der Waals surface area (Å²) in [5.41, 5.74) is 14.5. The third kappa shape index (κ3) is 2.17. The third-order valence-corrected chi connectivity index (χ3v) is 4.21. The number of nitrogens with zero attached hydrogens (tertiary/aromatic N) is 3. The molecule has 3 rings (SSSR count). The molecule has 0 aliphatic carbocycles. The van der Waals surface area contributed by atoms with Gasteiger partial charge in [0.15, 0.2) is 6.23 Å². The van der Waals surface area contributed by atoms with Gasteiger partial charge < -0.3 is 31.8 Å². The smallest absolute Gasteiger partial charge is 0.166 e. The number of fused-ring (bicyclic) bond motifs is 1. The van der Waals surface area contributed by atoms with Gasteiger partial charge >= 0.3 is 0 Å². The topological polar surface area (TPSA) is 194 Å².